The second-order valence-electron chi connectivity index (χ2n) is 3.60. The molecule has 0 aromatic carbocycles. The van der Waals surface area contributed by atoms with Gasteiger partial charge in [-0.1, -0.05) is 0 Å². The standard InChI is InChI=1S/C10H14N2O/c1-6-3-7(8-4-9(8)11)5-12-10(6)13-2/h3,5,8-9H,4,11H2,1-2H3/t8-,9+/m0/s1. The Morgan fingerprint density at radius 1 is 1.62 bits per heavy atom. The lowest BCUT2D eigenvalue weighted by Crippen LogP contribution is -2.02. The van der Waals surface area contributed by atoms with Crippen molar-refractivity contribution in [1.29, 1.82) is 0 Å². The van der Waals surface area contributed by atoms with Crippen LogP contribution >= 0.6 is 0 Å². The van der Waals surface area contributed by atoms with Crippen molar-refractivity contribution in [2.45, 2.75) is 25.3 Å². The monoisotopic (exact) mass is 178 g/mol. The first kappa shape index (κ1) is 8.51. The van der Waals surface area contributed by atoms with Gasteiger partial charge < -0.3 is 10.5 Å². The van der Waals surface area contributed by atoms with E-state index in [1.165, 1.54) is 5.56 Å². The van der Waals surface area contributed by atoms with Crippen LogP contribution in [0.2, 0.25) is 0 Å². The molecule has 2 N–H and O–H groups in total. The van der Waals surface area contributed by atoms with Crippen LogP contribution in [0.4, 0.5) is 0 Å². The summed E-state index contributed by atoms with van der Waals surface area (Å²) in [6, 6.07) is 2.46. The summed E-state index contributed by atoms with van der Waals surface area (Å²) in [5.74, 6) is 1.23. The predicted molar refractivity (Wildman–Crippen MR) is 50.9 cm³/mol. The van der Waals surface area contributed by atoms with Gasteiger partial charge in [0.15, 0.2) is 0 Å². The lowest BCUT2D eigenvalue weighted by molar-refractivity contribution is 0.394. The highest BCUT2D eigenvalue weighted by Crippen LogP contribution is 2.39. The molecule has 2 rings (SSSR count). The first-order valence-electron chi connectivity index (χ1n) is 4.48. The number of aryl methyl sites for hydroxylation is 1. The zero-order valence-electron chi connectivity index (χ0n) is 7.95. The number of nitrogens with two attached hydrogens (primary N) is 1. The molecule has 0 aliphatic heterocycles. The predicted octanol–water partition coefficient (Wildman–Crippen LogP) is 1.21. The molecule has 2 atom stereocenters. The third kappa shape index (κ3) is 1.52. The summed E-state index contributed by atoms with van der Waals surface area (Å²) in [5, 5.41) is 0. The van der Waals surface area contributed by atoms with Crippen LogP contribution in [0.1, 0.15) is 23.5 Å². The highest BCUT2D eigenvalue weighted by molar-refractivity contribution is 5.33. The number of pyridine rings is 1. The van der Waals surface area contributed by atoms with Gasteiger partial charge in [0, 0.05) is 23.7 Å². The van der Waals surface area contributed by atoms with Crippen LogP contribution in [0.5, 0.6) is 5.88 Å². The van der Waals surface area contributed by atoms with Gasteiger partial charge in [-0.3, -0.25) is 0 Å². The van der Waals surface area contributed by atoms with Crippen LogP contribution in [0, 0.1) is 6.92 Å². The molecular formula is C10H14N2O. The highest BCUT2D eigenvalue weighted by atomic mass is 16.5. The fourth-order valence-electron chi connectivity index (χ4n) is 1.60. The van der Waals surface area contributed by atoms with E-state index in [0.717, 1.165) is 12.0 Å². The molecule has 1 saturated carbocycles. The Labute approximate surface area is 77.9 Å². The second kappa shape index (κ2) is 3.00. The average Bonchev–Trinajstić information content (AvgIpc) is 2.82. The molecule has 0 unspecified atom stereocenters. The summed E-state index contributed by atoms with van der Waals surface area (Å²) in [7, 11) is 1.64. The zero-order chi connectivity index (χ0) is 9.42. The van der Waals surface area contributed by atoms with Crippen LogP contribution in [-0.2, 0) is 0 Å². The van der Waals surface area contributed by atoms with Crippen molar-refractivity contribution in [3.63, 3.8) is 0 Å². The number of nitrogens with zero attached hydrogens (tertiary/aromatic N) is 1. The van der Waals surface area contributed by atoms with E-state index in [-0.39, 0.29) is 0 Å². The van der Waals surface area contributed by atoms with Gasteiger partial charge in [-0.2, -0.15) is 0 Å². The molecule has 70 valence electrons. The number of hydrogen-bond acceptors (Lipinski definition) is 3. The van der Waals surface area contributed by atoms with Crippen LogP contribution in [-0.4, -0.2) is 18.1 Å². The summed E-state index contributed by atoms with van der Waals surface area (Å²) in [4.78, 5) is 4.21. The maximum atomic E-state index is 5.76. The summed E-state index contributed by atoms with van der Waals surface area (Å²) in [6.45, 7) is 2.00. The number of hydrogen-bond donors (Lipinski definition) is 1. The van der Waals surface area contributed by atoms with Crippen molar-refractivity contribution in [1.82, 2.24) is 4.98 Å². The van der Waals surface area contributed by atoms with Crippen molar-refractivity contribution in [3.8, 4) is 5.88 Å². The van der Waals surface area contributed by atoms with Crippen molar-refractivity contribution in [2.24, 2.45) is 5.73 Å². The molecule has 0 saturated heterocycles. The molecule has 1 fully saturated rings. The first-order chi connectivity index (χ1) is 6.22. The molecule has 3 heteroatoms. The number of rotatable bonds is 2. The molecule has 1 aliphatic carbocycles. The topological polar surface area (TPSA) is 48.1 Å². The average molecular weight is 178 g/mol. The van der Waals surface area contributed by atoms with Gasteiger partial charge in [0.1, 0.15) is 0 Å². The molecule has 0 amide bonds. The molecule has 1 heterocycles. The van der Waals surface area contributed by atoms with E-state index in [1.807, 2.05) is 13.1 Å². The van der Waals surface area contributed by atoms with Crippen molar-refractivity contribution >= 4 is 0 Å². The summed E-state index contributed by atoms with van der Waals surface area (Å²) < 4.78 is 5.08. The molecule has 0 radical (unpaired) electrons. The van der Waals surface area contributed by atoms with Gasteiger partial charge in [-0.15, -0.1) is 0 Å². The number of aromatic nitrogens is 1. The second-order valence-corrected chi connectivity index (χ2v) is 3.60. The third-order valence-corrected chi connectivity index (χ3v) is 2.51. The molecular weight excluding hydrogens is 164 g/mol. The Hall–Kier alpha value is -1.09. The normalized spacial score (nSPS) is 25.8. The molecule has 1 aliphatic rings. The fraction of sp³-hybridized carbons (Fsp3) is 0.500. The number of methoxy groups -OCH3 is 1. The minimum absolute atomic E-state index is 0.342. The SMILES string of the molecule is COc1ncc([C@@H]2C[C@H]2N)cc1C. The minimum Gasteiger partial charge on any atom is -0.481 e. The first-order valence-corrected chi connectivity index (χ1v) is 4.48. The van der Waals surface area contributed by atoms with Crippen LogP contribution in [0.15, 0.2) is 12.3 Å². The van der Waals surface area contributed by atoms with Gasteiger partial charge in [-0.05, 0) is 25.0 Å². The Kier molecular flexibility index (Phi) is 1.96. The quantitative estimate of drug-likeness (QED) is 0.740. The van der Waals surface area contributed by atoms with Crippen LogP contribution in [0.25, 0.3) is 0 Å². The van der Waals surface area contributed by atoms with Crippen LogP contribution in [0.3, 0.4) is 0 Å². The molecule has 0 bridgehead atoms. The van der Waals surface area contributed by atoms with Crippen molar-refractivity contribution in [3.05, 3.63) is 23.4 Å². The maximum Gasteiger partial charge on any atom is 0.215 e. The van der Waals surface area contributed by atoms with Gasteiger partial charge in [0.2, 0.25) is 5.88 Å². The largest absolute Gasteiger partial charge is 0.481 e. The summed E-state index contributed by atoms with van der Waals surface area (Å²) >= 11 is 0. The Bertz CT molecular complexity index is 325. The van der Waals surface area contributed by atoms with Gasteiger partial charge >= 0.3 is 0 Å². The Balaban J connectivity index is 2.25. The molecule has 1 aromatic heterocycles. The lowest BCUT2D eigenvalue weighted by Gasteiger charge is -2.04. The van der Waals surface area contributed by atoms with Gasteiger partial charge in [0.25, 0.3) is 0 Å². The summed E-state index contributed by atoms with van der Waals surface area (Å²) in [6.07, 6.45) is 2.96. The molecule has 1 aromatic rings. The lowest BCUT2D eigenvalue weighted by atomic mass is 10.1. The van der Waals surface area contributed by atoms with Crippen molar-refractivity contribution in [2.75, 3.05) is 7.11 Å². The molecule has 3 nitrogen and oxygen atoms in total. The van der Waals surface area contributed by atoms with E-state index in [2.05, 4.69) is 11.1 Å². The van der Waals surface area contributed by atoms with E-state index >= 15 is 0 Å². The fourth-order valence-corrected chi connectivity index (χ4v) is 1.60. The van der Waals surface area contributed by atoms with Gasteiger partial charge in [-0.25, -0.2) is 4.98 Å². The smallest absolute Gasteiger partial charge is 0.215 e. The van der Waals surface area contributed by atoms with Crippen LogP contribution < -0.4 is 10.5 Å². The maximum absolute atomic E-state index is 5.76. The highest BCUT2D eigenvalue weighted by Gasteiger charge is 2.35. The van der Waals surface area contributed by atoms with Gasteiger partial charge in [0.05, 0.1) is 7.11 Å². The van der Waals surface area contributed by atoms with Crippen molar-refractivity contribution < 1.29 is 4.74 Å². The number of ether oxygens (including phenoxy) is 1. The van der Waals surface area contributed by atoms with E-state index in [0.29, 0.717) is 17.8 Å². The van der Waals surface area contributed by atoms with E-state index in [9.17, 15) is 0 Å². The van der Waals surface area contributed by atoms with E-state index < -0.39 is 0 Å². The molecule has 0 spiro atoms. The third-order valence-electron chi connectivity index (χ3n) is 2.51. The van der Waals surface area contributed by atoms with E-state index in [4.69, 9.17) is 10.5 Å². The summed E-state index contributed by atoms with van der Waals surface area (Å²) in [5.41, 5.74) is 8.08. The Morgan fingerprint density at radius 3 is 2.77 bits per heavy atom. The minimum atomic E-state index is 0.342. The molecule has 13 heavy (non-hydrogen) atoms. The Morgan fingerprint density at radius 2 is 2.31 bits per heavy atom. The van der Waals surface area contributed by atoms with E-state index in [1.54, 1.807) is 7.11 Å². The zero-order valence-corrected chi connectivity index (χ0v) is 7.95.